The zero-order chi connectivity index (χ0) is 34.9. The van der Waals surface area contributed by atoms with Gasteiger partial charge in [0.15, 0.2) is 6.29 Å². The Bertz CT molecular complexity index is 854. The molecule has 1 aliphatic rings. The Balaban J connectivity index is 2.66. The molecule has 0 aromatic carbocycles. The lowest BCUT2D eigenvalue weighted by atomic mass is 9.99. The van der Waals surface area contributed by atoms with Gasteiger partial charge in [-0.25, -0.2) is 4.36 Å². The van der Waals surface area contributed by atoms with Gasteiger partial charge in [0.1, 0.15) is 36.6 Å². The van der Waals surface area contributed by atoms with Crippen LogP contribution in [0.15, 0.2) is 4.36 Å². The first-order valence-corrected chi connectivity index (χ1v) is 21.1. The highest BCUT2D eigenvalue weighted by Crippen LogP contribution is 2.24. The molecule has 0 bridgehead atoms. The van der Waals surface area contributed by atoms with E-state index < -0.39 is 65.3 Å². The van der Waals surface area contributed by atoms with E-state index in [4.69, 9.17) is 9.47 Å². The molecule has 6 unspecified atom stereocenters. The normalized spacial score (nSPS) is 24.9. The van der Waals surface area contributed by atoms with Gasteiger partial charge >= 0.3 is 0 Å². The lowest BCUT2D eigenvalue weighted by Gasteiger charge is -2.40. The van der Waals surface area contributed by atoms with Crippen LogP contribution in [-0.2, 0) is 19.2 Å². The number of aliphatic hydroxyl groups excluding tert-OH is 6. The fraction of sp³-hybridized carbons (Fsp3) is 1.00. The van der Waals surface area contributed by atoms with Crippen molar-refractivity contribution in [3.05, 3.63) is 0 Å². The minimum absolute atomic E-state index is 0.331. The van der Waals surface area contributed by atoms with Crippen LogP contribution in [0.5, 0.6) is 0 Å². The van der Waals surface area contributed by atoms with E-state index in [0.29, 0.717) is 12.2 Å². The first-order chi connectivity index (χ1) is 22.6. The number of hydrogen-bond acceptors (Lipinski definition) is 10. The van der Waals surface area contributed by atoms with Crippen molar-refractivity contribution in [1.82, 2.24) is 0 Å². The van der Waals surface area contributed by atoms with Crippen molar-refractivity contribution in [2.45, 2.75) is 204 Å². The second-order valence-electron chi connectivity index (χ2n) is 13.9. The Kier molecular flexibility index (Phi) is 26.0. The highest BCUT2D eigenvalue weighted by atomic mass is 32.2. The molecule has 282 valence electrons. The second-order valence-corrected chi connectivity index (χ2v) is 16.5. The highest BCUT2D eigenvalue weighted by molar-refractivity contribution is 7.92. The number of aliphatic hydroxyl groups is 6. The second kappa shape index (κ2) is 27.4. The van der Waals surface area contributed by atoms with Crippen molar-refractivity contribution < 1.29 is 44.3 Å². The third kappa shape index (κ3) is 20.2. The molecule has 1 fully saturated rings. The van der Waals surface area contributed by atoms with Gasteiger partial charge in [-0.05, 0) is 12.8 Å². The summed E-state index contributed by atoms with van der Waals surface area (Å²) in [4.78, 5) is 0. The van der Waals surface area contributed by atoms with Crippen molar-refractivity contribution in [2.75, 3.05) is 25.2 Å². The third-order valence-electron chi connectivity index (χ3n) is 9.41. The minimum Gasteiger partial charge on any atom is -0.394 e. The van der Waals surface area contributed by atoms with Crippen LogP contribution in [0.4, 0.5) is 0 Å². The maximum Gasteiger partial charge on any atom is 0.186 e. The number of unbranched alkanes of at least 4 members (excludes halogenated alkanes) is 19. The van der Waals surface area contributed by atoms with Gasteiger partial charge in [-0.1, -0.05) is 142 Å². The topological polar surface area (TPSA) is 169 Å². The summed E-state index contributed by atoms with van der Waals surface area (Å²) >= 11 is 0. The van der Waals surface area contributed by atoms with E-state index in [1.807, 2.05) is 0 Å². The molecule has 0 aromatic heterocycles. The molecule has 9 atom stereocenters. The molecular weight excluding hydrogens is 622 g/mol. The van der Waals surface area contributed by atoms with Crippen LogP contribution in [0.2, 0.25) is 0 Å². The smallest absolute Gasteiger partial charge is 0.186 e. The van der Waals surface area contributed by atoms with Crippen molar-refractivity contribution in [3.8, 4) is 0 Å². The maximum atomic E-state index is 13.5. The van der Waals surface area contributed by atoms with Gasteiger partial charge in [0.05, 0.1) is 19.3 Å². The Hall–Kier alpha value is -0.370. The van der Waals surface area contributed by atoms with Crippen LogP contribution in [0.1, 0.15) is 155 Å². The monoisotopic (exact) mass is 696 g/mol. The molecule has 0 amide bonds. The number of nitrogens with zero attached hydrogens (tertiary/aromatic N) is 1. The molecular formula is C36H73NO9S. The summed E-state index contributed by atoms with van der Waals surface area (Å²) < 4.78 is 29.1. The van der Waals surface area contributed by atoms with E-state index in [-0.39, 0.29) is 6.61 Å². The van der Waals surface area contributed by atoms with Crippen LogP contribution >= 0.6 is 0 Å². The predicted molar refractivity (Wildman–Crippen MR) is 190 cm³/mol. The van der Waals surface area contributed by atoms with Gasteiger partial charge < -0.3 is 40.1 Å². The van der Waals surface area contributed by atoms with Crippen molar-refractivity contribution in [3.63, 3.8) is 0 Å². The minimum atomic E-state index is -2.72. The maximum absolute atomic E-state index is 13.5. The standard InChI is InChI=1S/C36H73NO9S/c1-4-6-8-10-12-14-15-16-17-19-21-23-25-30(39)32(40)29(28-45-36-35(43)34(42)33(41)31(27-38)46-36)37-47(3,44)26-24-22-20-18-13-11-9-7-5-2/h29-36,38-43H,4-28H2,1-3H3/t29-,30+,31?,32-,33?,34?,35?,36?,47?/m0/s1. The van der Waals surface area contributed by atoms with Crippen LogP contribution < -0.4 is 0 Å². The zero-order valence-electron chi connectivity index (χ0n) is 30.1. The van der Waals surface area contributed by atoms with Gasteiger partial charge in [-0.3, -0.25) is 4.21 Å². The van der Waals surface area contributed by atoms with Gasteiger partial charge in [0.2, 0.25) is 0 Å². The van der Waals surface area contributed by atoms with E-state index in [0.717, 1.165) is 51.4 Å². The molecule has 6 N–H and O–H groups in total. The van der Waals surface area contributed by atoms with Crippen molar-refractivity contribution in [2.24, 2.45) is 4.36 Å². The molecule has 1 rings (SSSR count). The Morgan fingerprint density at radius 1 is 0.681 bits per heavy atom. The first kappa shape index (κ1) is 44.7. The van der Waals surface area contributed by atoms with E-state index >= 15 is 0 Å². The van der Waals surface area contributed by atoms with Crippen LogP contribution in [-0.4, -0.2) is 109 Å². The summed E-state index contributed by atoms with van der Waals surface area (Å²) in [5, 5.41) is 62.2. The third-order valence-corrected chi connectivity index (χ3v) is 11.2. The average molecular weight is 696 g/mol. The summed E-state index contributed by atoms with van der Waals surface area (Å²) in [6.45, 7) is 3.51. The number of hydrogen-bond donors (Lipinski definition) is 6. The molecule has 0 saturated carbocycles. The van der Waals surface area contributed by atoms with Gasteiger partial charge in [0.25, 0.3) is 0 Å². The van der Waals surface area contributed by atoms with E-state index in [1.54, 1.807) is 6.26 Å². The highest BCUT2D eigenvalue weighted by Gasteiger charge is 2.44. The summed E-state index contributed by atoms with van der Waals surface area (Å²) in [6.07, 6.45) is 16.7. The summed E-state index contributed by atoms with van der Waals surface area (Å²) in [5.41, 5.74) is 0. The Labute approximate surface area is 287 Å². The molecule has 11 heteroatoms. The summed E-state index contributed by atoms with van der Waals surface area (Å²) in [7, 11) is -2.72. The fourth-order valence-electron chi connectivity index (χ4n) is 6.23. The van der Waals surface area contributed by atoms with Crippen LogP contribution in [0, 0.1) is 0 Å². The number of ether oxygens (including phenoxy) is 2. The van der Waals surface area contributed by atoms with Crippen LogP contribution in [0.3, 0.4) is 0 Å². The van der Waals surface area contributed by atoms with Gasteiger partial charge in [0, 0.05) is 21.7 Å². The largest absolute Gasteiger partial charge is 0.394 e. The predicted octanol–water partition coefficient (Wildman–Crippen LogP) is 5.61. The Morgan fingerprint density at radius 2 is 1.13 bits per heavy atom. The SMILES string of the molecule is CCCCCCCCCCCCCC[C@@H](O)[C@@H](O)[C@H](COC1OC(CO)C(O)C(O)C1O)N=S(C)(=O)CCCCCCCCCCC. The molecule has 0 aromatic rings. The van der Waals surface area contributed by atoms with E-state index in [2.05, 4.69) is 18.2 Å². The molecule has 10 nitrogen and oxygen atoms in total. The van der Waals surface area contributed by atoms with Gasteiger partial charge in [-0.15, -0.1) is 0 Å². The lowest BCUT2D eigenvalue weighted by molar-refractivity contribution is -0.302. The molecule has 1 heterocycles. The van der Waals surface area contributed by atoms with Crippen molar-refractivity contribution in [1.29, 1.82) is 0 Å². The fourth-order valence-corrected chi connectivity index (χ4v) is 7.83. The quantitative estimate of drug-likeness (QED) is 0.0523. The molecule has 0 aliphatic carbocycles. The van der Waals surface area contributed by atoms with E-state index in [1.165, 1.54) is 83.5 Å². The van der Waals surface area contributed by atoms with Gasteiger partial charge in [-0.2, -0.15) is 0 Å². The first-order valence-electron chi connectivity index (χ1n) is 19.0. The average Bonchev–Trinajstić information content (AvgIpc) is 3.05. The summed E-state index contributed by atoms with van der Waals surface area (Å²) in [5.74, 6) is 0.362. The summed E-state index contributed by atoms with van der Waals surface area (Å²) in [6, 6.07) is -1.06. The number of rotatable bonds is 30. The molecule has 0 spiro atoms. The van der Waals surface area contributed by atoms with E-state index in [9.17, 15) is 34.8 Å². The zero-order valence-corrected chi connectivity index (χ0v) is 30.9. The Morgan fingerprint density at radius 3 is 1.60 bits per heavy atom. The molecule has 0 radical (unpaired) electrons. The molecule has 47 heavy (non-hydrogen) atoms. The lowest BCUT2D eigenvalue weighted by Crippen LogP contribution is -2.59. The molecule has 1 saturated heterocycles. The van der Waals surface area contributed by atoms with Crippen molar-refractivity contribution >= 4 is 9.73 Å². The molecule has 1 aliphatic heterocycles. The van der Waals surface area contributed by atoms with Crippen LogP contribution in [0.25, 0.3) is 0 Å².